The van der Waals surface area contributed by atoms with Crippen molar-refractivity contribution in [1.29, 1.82) is 0 Å². The fourth-order valence-corrected chi connectivity index (χ4v) is 1.55. The van der Waals surface area contributed by atoms with E-state index in [0.29, 0.717) is 4.73 Å². The van der Waals surface area contributed by atoms with Crippen LogP contribution in [0, 0.1) is 6.92 Å². The van der Waals surface area contributed by atoms with Crippen molar-refractivity contribution in [2.24, 2.45) is 0 Å². The predicted molar refractivity (Wildman–Crippen MR) is 52.2 cm³/mol. The monoisotopic (exact) mass is 238 g/mol. The Morgan fingerprint density at radius 2 is 2.23 bits per heavy atom. The quantitative estimate of drug-likeness (QED) is 0.718. The van der Waals surface area contributed by atoms with Crippen LogP contribution in [0.4, 0.5) is 0 Å². The molecule has 0 fully saturated rings. The second kappa shape index (κ2) is 3.30. The molecule has 2 rings (SSSR count). The van der Waals surface area contributed by atoms with Gasteiger partial charge in [0.05, 0.1) is 6.26 Å². The number of nitrogens with zero attached hydrogens (tertiary/aromatic N) is 2. The number of halogens is 1. The van der Waals surface area contributed by atoms with Gasteiger partial charge < -0.3 is 4.42 Å². The van der Waals surface area contributed by atoms with E-state index in [4.69, 9.17) is 4.42 Å². The Morgan fingerprint density at radius 3 is 2.85 bits per heavy atom. The highest BCUT2D eigenvalue weighted by molar-refractivity contribution is 9.10. The van der Waals surface area contributed by atoms with Gasteiger partial charge in [-0.1, -0.05) is 0 Å². The second-order valence-electron chi connectivity index (χ2n) is 2.64. The molecule has 0 aliphatic heterocycles. The van der Waals surface area contributed by atoms with E-state index in [1.165, 1.54) is 0 Å². The van der Waals surface area contributed by atoms with E-state index < -0.39 is 0 Å². The van der Waals surface area contributed by atoms with Crippen molar-refractivity contribution >= 4 is 15.9 Å². The summed E-state index contributed by atoms with van der Waals surface area (Å²) in [6.07, 6.45) is 1.63. The minimum Gasteiger partial charge on any atom is -0.463 e. The van der Waals surface area contributed by atoms with Gasteiger partial charge in [-0.25, -0.2) is 9.97 Å². The lowest BCUT2D eigenvalue weighted by molar-refractivity contribution is 0.579. The van der Waals surface area contributed by atoms with E-state index in [2.05, 4.69) is 25.9 Å². The van der Waals surface area contributed by atoms with Crippen molar-refractivity contribution in [3.8, 4) is 11.5 Å². The summed E-state index contributed by atoms with van der Waals surface area (Å²) in [7, 11) is 0. The summed E-state index contributed by atoms with van der Waals surface area (Å²) in [5, 5.41) is 0. The molecule has 3 nitrogen and oxygen atoms in total. The van der Waals surface area contributed by atoms with Gasteiger partial charge in [0.15, 0.2) is 10.5 Å². The zero-order chi connectivity index (χ0) is 9.26. The standard InChI is InChI=1S/C9H7BrN2O/c1-6-5-7(12-9(10)11-6)8-3-2-4-13-8/h2-5H,1H3. The average Bonchev–Trinajstić information content (AvgIpc) is 2.53. The fraction of sp³-hybridized carbons (Fsp3) is 0.111. The zero-order valence-electron chi connectivity index (χ0n) is 6.99. The van der Waals surface area contributed by atoms with Gasteiger partial charge in [0.25, 0.3) is 0 Å². The number of aromatic nitrogens is 2. The molecule has 0 saturated carbocycles. The van der Waals surface area contributed by atoms with Gasteiger partial charge in [-0.3, -0.25) is 0 Å². The second-order valence-corrected chi connectivity index (χ2v) is 3.35. The van der Waals surface area contributed by atoms with Crippen LogP contribution in [0.1, 0.15) is 5.69 Å². The third kappa shape index (κ3) is 1.78. The number of hydrogen-bond acceptors (Lipinski definition) is 3. The van der Waals surface area contributed by atoms with Crippen LogP contribution in [-0.2, 0) is 0 Å². The van der Waals surface area contributed by atoms with Crippen molar-refractivity contribution in [3.63, 3.8) is 0 Å². The normalized spacial score (nSPS) is 10.3. The maximum absolute atomic E-state index is 5.22. The van der Waals surface area contributed by atoms with Gasteiger partial charge in [-0.15, -0.1) is 0 Å². The van der Waals surface area contributed by atoms with Gasteiger partial charge in [0.1, 0.15) is 5.69 Å². The lowest BCUT2D eigenvalue weighted by Gasteiger charge is -1.98. The Labute approximate surface area is 84.0 Å². The first-order valence-electron chi connectivity index (χ1n) is 3.81. The van der Waals surface area contributed by atoms with Crippen LogP contribution in [0.2, 0.25) is 0 Å². The molecule has 0 radical (unpaired) electrons. The summed E-state index contributed by atoms with van der Waals surface area (Å²) >= 11 is 3.23. The smallest absolute Gasteiger partial charge is 0.197 e. The van der Waals surface area contributed by atoms with E-state index in [1.807, 2.05) is 25.1 Å². The summed E-state index contributed by atoms with van der Waals surface area (Å²) < 4.78 is 5.80. The van der Waals surface area contributed by atoms with E-state index in [1.54, 1.807) is 6.26 Å². The maximum Gasteiger partial charge on any atom is 0.197 e. The lowest BCUT2D eigenvalue weighted by Crippen LogP contribution is -1.89. The summed E-state index contributed by atoms with van der Waals surface area (Å²) in [6, 6.07) is 5.58. The Hall–Kier alpha value is -1.16. The first kappa shape index (κ1) is 8.44. The predicted octanol–water partition coefficient (Wildman–Crippen LogP) is 2.81. The number of furan rings is 1. The minimum atomic E-state index is 0.582. The number of hydrogen-bond donors (Lipinski definition) is 0. The van der Waals surface area contributed by atoms with Crippen LogP contribution >= 0.6 is 15.9 Å². The van der Waals surface area contributed by atoms with Gasteiger partial charge in [0.2, 0.25) is 0 Å². The molecule has 13 heavy (non-hydrogen) atoms. The highest BCUT2D eigenvalue weighted by Crippen LogP contribution is 2.19. The van der Waals surface area contributed by atoms with Crippen molar-refractivity contribution in [3.05, 3.63) is 34.9 Å². The van der Waals surface area contributed by atoms with Crippen LogP contribution in [0.25, 0.3) is 11.5 Å². The van der Waals surface area contributed by atoms with E-state index in [9.17, 15) is 0 Å². The van der Waals surface area contributed by atoms with Crippen molar-refractivity contribution < 1.29 is 4.42 Å². The molecule has 0 amide bonds. The third-order valence-corrected chi connectivity index (χ3v) is 1.96. The summed E-state index contributed by atoms with van der Waals surface area (Å²) in [4.78, 5) is 8.30. The Kier molecular flexibility index (Phi) is 2.14. The zero-order valence-corrected chi connectivity index (χ0v) is 8.58. The molecule has 0 saturated heterocycles. The van der Waals surface area contributed by atoms with Crippen LogP contribution in [0.15, 0.2) is 33.6 Å². The van der Waals surface area contributed by atoms with Gasteiger partial charge >= 0.3 is 0 Å². The third-order valence-electron chi connectivity index (χ3n) is 1.60. The molecule has 4 heteroatoms. The summed E-state index contributed by atoms with van der Waals surface area (Å²) in [5.74, 6) is 0.756. The van der Waals surface area contributed by atoms with Gasteiger partial charge in [0, 0.05) is 5.69 Å². The first-order chi connectivity index (χ1) is 6.25. The van der Waals surface area contributed by atoms with Crippen LogP contribution in [-0.4, -0.2) is 9.97 Å². The molecular formula is C9H7BrN2O. The molecule has 0 N–H and O–H groups in total. The SMILES string of the molecule is Cc1cc(-c2ccco2)nc(Br)n1. The average molecular weight is 239 g/mol. The molecule has 0 unspecified atom stereocenters. The molecule has 0 aliphatic rings. The highest BCUT2D eigenvalue weighted by atomic mass is 79.9. The van der Waals surface area contributed by atoms with Crippen LogP contribution < -0.4 is 0 Å². The molecule has 0 atom stereocenters. The van der Waals surface area contributed by atoms with Crippen molar-refractivity contribution in [2.45, 2.75) is 6.92 Å². The highest BCUT2D eigenvalue weighted by Gasteiger charge is 2.04. The Morgan fingerprint density at radius 1 is 1.38 bits per heavy atom. The molecule has 0 spiro atoms. The first-order valence-corrected chi connectivity index (χ1v) is 4.60. The van der Waals surface area contributed by atoms with E-state index >= 15 is 0 Å². The minimum absolute atomic E-state index is 0.582. The van der Waals surface area contributed by atoms with Gasteiger partial charge in [-0.05, 0) is 41.1 Å². The summed E-state index contributed by atoms with van der Waals surface area (Å²) in [5.41, 5.74) is 1.71. The number of rotatable bonds is 1. The largest absolute Gasteiger partial charge is 0.463 e. The molecule has 0 bridgehead atoms. The Balaban J connectivity index is 2.53. The molecular weight excluding hydrogens is 232 g/mol. The lowest BCUT2D eigenvalue weighted by atomic mass is 10.3. The van der Waals surface area contributed by atoms with E-state index in [-0.39, 0.29) is 0 Å². The van der Waals surface area contributed by atoms with Crippen molar-refractivity contribution in [1.82, 2.24) is 9.97 Å². The molecule has 2 aromatic heterocycles. The topological polar surface area (TPSA) is 38.9 Å². The van der Waals surface area contributed by atoms with Crippen molar-refractivity contribution in [2.75, 3.05) is 0 Å². The molecule has 2 aromatic rings. The van der Waals surface area contributed by atoms with Crippen LogP contribution in [0.3, 0.4) is 0 Å². The molecule has 0 aromatic carbocycles. The maximum atomic E-state index is 5.22. The molecule has 0 aliphatic carbocycles. The fourth-order valence-electron chi connectivity index (χ4n) is 1.08. The van der Waals surface area contributed by atoms with Gasteiger partial charge in [-0.2, -0.15) is 0 Å². The molecule has 2 heterocycles. The Bertz CT molecular complexity index is 391. The van der Waals surface area contributed by atoms with E-state index in [0.717, 1.165) is 17.1 Å². The molecule has 66 valence electrons. The van der Waals surface area contributed by atoms with Crippen LogP contribution in [0.5, 0.6) is 0 Å². The number of aryl methyl sites for hydroxylation is 1. The summed E-state index contributed by atoms with van der Waals surface area (Å²) in [6.45, 7) is 1.92.